The van der Waals surface area contributed by atoms with Gasteiger partial charge in [0, 0.05) is 43.2 Å². The zero-order valence-electron chi connectivity index (χ0n) is 14.5. The predicted molar refractivity (Wildman–Crippen MR) is 97.4 cm³/mol. The SMILES string of the molecule is CCC1(CO)CCN(C(=O)NCc2cc(=O)[nH]c3ccccc23)CC1. The fraction of sp³-hybridized carbons (Fsp3) is 0.474. The summed E-state index contributed by atoms with van der Waals surface area (Å²) in [7, 11) is 0. The van der Waals surface area contributed by atoms with Crippen LogP contribution in [-0.4, -0.2) is 40.7 Å². The first-order chi connectivity index (χ1) is 12.1. The first-order valence-electron chi connectivity index (χ1n) is 8.81. The lowest BCUT2D eigenvalue weighted by atomic mass is 9.77. The summed E-state index contributed by atoms with van der Waals surface area (Å²) in [4.78, 5) is 28.8. The first kappa shape index (κ1) is 17.5. The number of amides is 2. The van der Waals surface area contributed by atoms with Crippen LogP contribution in [0.4, 0.5) is 4.79 Å². The number of pyridine rings is 1. The van der Waals surface area contributed by atoms with E-state index in [9.17, 15) is 14.7 Å². The Kier molecular flexibility index (Phi) is 5.08. The van der Waals surface area contributed by atoms with Gasteiger partial charge in [0.15, 0.2) is 0 Å². The molecule has 0 bridgehead atoms. The van der Waals surface area contributed by atoms with E-state index in [1.54, 1.807) is 4.90 Å². The number of aliphatic hydroxyl groups excluding tert-OH is 1. The molecule has 3 rings (SSSR count). The molecular formula is C19H25N3O3. The topological polar surface area (TPSA) is 85.4 Å². The van der Waals surface area contributed by atoms with E-state index >= 15 is 0 Å². The van der Waals surface area contributed by atoms with Crippen LogP contribution in [0.5, 0.6) is 0 Å². The van der Waals surface area contributed by atoms with Gasteiger partial charge in [-0.05, 0) is 36.3 Å². The van der Waals surface area contributed by atoms with Gasteiger partial charge in [0.05, 0.1) is 0 Å². The Morgan fingerprint density at radius 1 is 1.32 bits per heavy atom. The lowest BCUT2D eigenvalue weighted by molar-refractivity contribution is 0.0519. The Labute approximate surface area is 146 Å². The van der Waals surface area contributed by atoms with E-state index in [4.69, 9.17) is 0 Å². The van der Waals surface area contributed by atoms with Gasteiger partial charge in [0.2, 0.25) is 5.56 Å². The molecule has 1 saturated heterocycles. The van der Waals surface area contributed by atoms with Gasteiger partial charge in [-0.15, -0.1) is 0 Å². The molecule has 1 aliphatic heterocycles. The highest BCUT2D eigenvalue weighted by molar-refractivity contribution is 5.82. The molecule has 0 radical (unpaired) electrons. The van der Waals surface area contributed by atoms with Gasteiger partial charge in [0.25, 0.3) is 0 Å². The smallest absolute Gasteiger partial charge is 0.317 e. The number of aromatic amines is 1. The van der Waals surface area contributed by atoms with Gasteiger partial charge in [0.1, 0.15) is 0 Å². The molecule has 0 unspecified atom stereocenters. The van der Waals surface area contributed by atoms with Crippen molar-refractivity contribution < 1.29 is 9.90 Å². The molecule has 3 N–H and O–H groups in total. The van der Waals surface area contributed by atoms with Gasteiger partial charge in [-0.25, -0.2) is 4.79 Å². The Hall–Kier alpha value is -2.34. The first-order valence-corrected chi connectivity index (χ1v) is 8.81. The fourth-order valence-corrected chi connectivity index (χ4v) is 3.51. The Bertz CT molecular complexity index is 801. The molecule has 0 saturated carbocycles. The second-order valence-electron chi connectivity index (χ2n) is 6.86. The molecule has 1 fully saturated rings. The number of nitrogens with zero attached hydrogens (tertiary/aromatic N) is 1. The number of piperidine rings is 1. The van der Waals surface area contributed by atoms with Gasteiger partial charge in [-0.3, -0.25) is 4.79 Å². The number of H-pyrrole nitrogens is 1. The van der Waals surface area contributed by atoms with Crippen molar-refractivity contribution in [3.8, 4) is 0 Å². The molecule has 25 heavy (non-hydrogen) atoms. The second-order valence-corrected chi connectivity index (χ2v) is 6.86. The maximum atomic E-state index is 12.4. The summed E-state index contributed by atoms with van der Waals surface area (Å²) in [5.74, 6) is 0. The van der Waals surface area contributed by atoms with E-state index in [-0.39, 0.29) is 23.6 Å². The number of hydrogen-bond acceptors (Lipinski definition) is 3. The molecule has 0 aliphatic carbocycles. The zero-order chi connectivity index (χ0) is 17.9. The molecule has 134 valence electrons. The quantitative estimate of drug-likeness (QED) is 0.796. The highest BCUT2D eigenvalue weighted by Gasteiger charge is 2.33. The van der Waals surface area contributed by atoms with E-state index in [0.717, 1.165) is 35.7 Å². The number of likely N-dealkylation sites (tertiary alicyclic amines) is 1. The lowest BCUT2D eigenvalue weighted by Crippen LogP contribution is -2.48. The molecule has 2 amide bonds. The lowest BCUT2D eigenvalue weighted by Gasteiger charge is -2.40. The maximum Gasteiger partial charge on any atom is 0.317 e. The van der Waals surface area contributed by atoms with Crippen LogP contribution in [0.2, 0.25) is 0 Å². The number of carbonyl (C=O) groups is 1. The van der Waals surface area contributed by atoms with Crippen molar-refractivity contribution >= 4 is 16.9 Å². The number of benzene rings is 1. The number of nitrogens with one attached hydrogen (secondary N) is 2. The van der Waals surface area contributed by atoms with Crippen LogP contribution in [0.1, 0.15) is 31.7 Å². The molecule has 2 heterocycles. The molecule has 0 spiro atoms. The summed E-state index contributed by atoms with van der Waals surface area (Å²) in [6.07, 6.45) is 2.57. The van der Waals surface area contributed by atoms with Crippen LogP contribution in [-0.2, 0) is 6.54 Å². The highest BCUT2D eigenvalue weighted by atomic mass is 16.3. The van der Waals surface area contributed by atoms with Crippen LogP contribution >= 0.6 is 0 Å². The van der Waals surface area contributed by atoms with Crippen molar-refractivity contribution in [1.29, 1.82) is 0 Å². The number of aromatic nitrogens is 1. The summed E-state index contributed by atoms with van der Waals surface area (Å²) in [6.45, 7) is 3.88. The Morgan fingerprint density at radius 2 is 2.04 bits per heavy atom. The van der Waals surface area contributed by atoms with E-state index in [1.807, 2.05) is 24.3 Å². The van der Waals surface area contributed by atoms with E-state index in [0.29, 0.717) is 19.6 Å². The molecule has 1 aromatic carbocycles. The monoisotopic (exact) mass is 343 g/mol. The summed E-state index contributed by atoms with van der Waals surface area (Å²) < 4.78 is 0. The summed E-state index contributed by atoms with van der Waals surface area (Å²) in [5.41, 5.74) is 1.37. The van der Waals surface area contributed by atoms with Gasteiger partial charge in [-0.2, -0.15) is 0 Å². The van der Waals surface area contributed by atoms with Crippen molar-refractivity contribution in [2.45, 2.75) is 32.7 Å². The van der Waals surface area contributed by atoms with Crippen LogP contribution in [0.3, 0.4) is 0 Å². The highest BCUT2D eigenvalue weighted by Crippen LogP contribution is 2.34. The molecule has 2 aromatic rings. The third kappa shape index (κ3) is 3.69. The minimum atomic E-state index is -0.170. The predicted octanol–water partition coefficient (Wildman–Crippen LogP) is 2.22. The normalized spacial score (nSPS) is 16.8. The van der Waals surface area contributed by atoms with Gasteiger partial charge in [-0.1, -0.05) is 25.1 Å². The summed E-state index contributed by atoms with van der Waals surface area (Å²) in [6, 6.07) is 8.99. The number of carbonyl (C=O) groups excluding carboxylic acids is 1. The molecule has 6 heteroatoms. The van der Waals surface area contributed by atoms with Crippen LogP contribution in [0.15, 0.2) is 35.1 Å². The third-order valence-electron chi connectivity index (χ3n) is 5.46. The zero-order valence-corrected chi connectivity index (χ0v) is 14.5. The summed E-state index contributed by atoms with van der Waals surface area (Å²) in [5, 5.41) is 13.5. The number of aliphatic hydroxyl groups is 1. The minimum absolute atomic E-state index is 0.0420. The van der Waals surface area contributed by atoms with E-state index in [2.05, 4.69) is 17.2 Å². The number of rotatable bonds is 4. The van der Waals surface area contributed by atoms with Crippen LogP contribution < -0.4 is 10.9 Å². The van der Waals surface area contributed by atoms with Crippen LogP contribution in [0, 0.1) is 5.41 Å². The third-order valence-corrected chi connectivity index (χ3v) is 5.46. The molecule has 6 nitrogen and oxygen atoms in total. The second kappa shape index (κ2) is 7.27. The standard InChI is InChI=1S/C19H25N3O3/c1-2-19(13-23)7-9-22(10-8-19)18(25)20-12-14-11-17(24)21-16-6-4-3-5-15(14)16/h3-6,11,23H,2,7-10,12-13H2,1H3,(H,20,25)(H,21,24). The van der Waals surface area contributed by atoms with Crippen molar-refractivity contribution in [2.75, 3.05) is 19.7 Å². The molecule has 1 aromatic heterocycles. The van der Waals surface area contributed by atoms with Crippen LogP contribution in [0.25, 0.3) is 10.9 Å². The Morgan fingerprint density at radius 3 is 2.72 bits per heavy atom. The van der Waals surface area contributed by atoms with Crippen molar-refractivity contribution in [3.05, 3.63) is 46.2 Å². The average Bonchev–Trinajstić information content (AvgIpc) is 2.65. The minimum Gasteiger partial charge on any atom is -0.396 e. The number of para-hydroxylation sites is 1. The van der Waals surface area contributed by atoms with Gasteiger partial charge < -0.3 is 20.3 Å². The fourth-order valence-electron chi connectivity index (χ4n) is 3.51. The number of urea groups is 1. The number of hydrogen-bond donors (Lipinski definition) is 3. The summed E-state index contributed by atoms with van der Waals surface area (Å²) >= 11 is 0. The largest absolute Gasteiger partial charge is 0.396 e. The van der Waals surface area contributed by atoms with Crippen molar-refractivity contribution in [1.82, 2.24) is 15.2 Å². The Balaban J connectivity index is 1.65. The van der Waals surface area contributed by atoms with Crippen molar-refractivity contribution in [2.24, 2.45) is 5.41 Å². The van der Waals surface area contributed by atoms with E-state index in [1.165, 1.54) is 6.07 Å². The molecule has 1 aliphatic rings. The molecular weight excluding hydrogens is 318 g/mol. The average molecular weight is 343 g/mol. The van der Waals surface area contributed by atoms with E-state index < -0.39 is 0 Å². The van der Waals surface area contributed by atoms with Gasteiger partial charge >= 0.3 is 6.03 Å². The van der Waals surface area contributed by atoms with Crippen molar-refractivity contribution in [3.63, 3.8) is 0 Å². The number of fused-ring (bicyclic) bond motifs is 1. The maximum absolute atomic E-state index is 12.4. The molecule has 0 atom stereocenters.